The van der Waals surface area contributed by atoms with E-state index in [-0.39, 0.29) is 61.7 Å². The second-order valence-corrected chi connectivity index (χ2v) is 13.8. The number of carbonyl (C=O) groups excluding carboxylic acids is 4. The number of amides is 4. The summed E-state index contributed by atoms with van der Waals surface area (Å²) in [6, 6.07) is 17.7. The van der Waals surface area contributed by atoms with Gasteiger partial charge in [0.15, 0.2) is 11.5 Å². The van der Waals surface area contributed by atoms with E-state index in [0.717, 1.165) is 0 Å². The average Bonchev–Trinajstić information content (AvgIpc) is 3.55. The van der Waals surface area contributed by atoms with E-state index in [1.165, 1.54) is 48.7 Å². The third-order valence-corrected chi connectivity index (χ3v) is 10.1. The van der Waals surface area contributed by atoms with E-state index >= 15 is 0 Å². The van der Waals surface area contributed by atoms with Gasteiger partial charge in [-0.3, -0.25) is 34.6 Å². The molecule has 1 aromatic heterocycles. The highest BCUT2D eigenvalue weighted by molar-refractivity contribution is 6.31. The van der Waals surface area contributed by atoms with Crippen LogP contribution in [0.4, 0.5) is 27.3 Å². The molecule has 2 aliphatic rings. The number of benzene rings is 4. The fourth-order valence-electron chi connectivity index (χ4n) is 6.77. The lowest BCUT2D eigenvalue weighted by Crippen LogP contribution is -2.52. The number of aromatic nitrogens is 2. The Morgan fingerprint density at radius 2 is 1.88 bits per heavy atom. The number of imide groups is 1. The van der Waals surface area contributed by atoms with Crippen molar-refractivity contribution in [3.63, 3.8) is 0 Å². The first kappa shape index (κ1) is 39.5. The second-order valence-electron chi connectivity index (χ2n) is 13.4. The highest BCUT2D eigenvalue weighted by atomic mass is 35.5. The molecule has 58 heavy (non-hydrogen) atoms. The molecule has 0 radical (unpaired) electrons. The summed E-state index contributed by atoms with van der Waals surface area (Å²) < 4.78 is 31.7. The molecule has 1 fully saturated rings. The molecule has 0 bridgehead atoms. The van der Waals surface area contributed by atoms with Gasteiger partial charge in [-0.05, 0) is 55.3 Å². The van der Waals surface area contributed by atoms with Gasteiger partial charge in [-0.15, -0.1) is 0 Å². The molecule has 0 aliphatic carbocycles. The largest absolute Gasteiger partial charge is 0.493 e. The maximum absolute atomic E-state index is 14.3. The quantitative estimate of drug-likeness (QED) is 0.0588. The first-order valence-electron chi connectivity index (χ1n) is 18.0. The molecule has 4 amide bonds. The lowest BCUT2D eigenvalue weighted by atomic mass is 10.0. The number of methoxy groups -OCH3 is 1. The van der Waals surface area contributed by atoms with Crippen LogP contribution < -0.4 is 25.0 Å². The van der Waals surface area contributed by atoms with Crippen LogP contribution in [0, 0.1) is 15.9 Å². The third-order valence-electron chi connectivity index (χ3n) is 9.78. The number of fused-ring (bicyclic) bond motifs is 2. The van der Waals surface area contributed by atoms with Gasteiger partial charge in [0.25, 0.3) is 17.5 Å². The Bertz CT molecular complexity index is 2450. The summed E-state index contributed by atoms with van der Waals surface area (Å²) in [5.74, 6) is -1.29. The third kappa shape index (κ3) is 8.21. The van der Waals surface area contributed by atoms with E-state index in [1.807, 2.05) is 0 Å². The molecule has 4 aromatic carbocycles. The summed E-state index contributed by atoms with van der Waals surface area (Å²) in [6.45, 7) is 1.82. The maximum Gasteiger partial charge on any atom is 0.269 e. The number of hydrogen-bond donors (Lipinski definition) is 2. The maximum atomic E-state index is 14.3. The minimum absolute atomic E-state index is 0.00125. The SMILES string of the molecule is COc1cc2ncnc(N(Cc3ccc([N+](=O)[O-])cc3)c3ccc(F)c(Cl)c3)c2cc1OCCOC(C)C(=O)Nc1cccc2c1CN(C1CCC(=O)NC1=O)C2=O. The molecule has 2 aliphatic heterocycles. The van der Waals surface area contributed by atoms with Crippen molar-refractivity contribution >= 4 is 69.0 Å². The Balaban J connectivity index is 1.04. The number of nitrogens with zero attached hydrogens (tertiary/aromatic N) is 5. The Morgan fingerprint density at radius 1 is 1.09 bits per heavy atom. The molecule has 2 N–H and O–H groups in total. The van der Waals surface area contributed by atoms with E-state index in [4.69, 9.17) is 25.8 Å². The summed E-state index contributed by atoms with van der Waals surface area (Å²) >= 11 is 6.19. The fourth-order valence-corrected chi connectivity index (χ4v) is 6.95. The molecule has 2 atom stereocenters. The zero-order chi connectivity index (χ0) is 41.1. The summed E-state index contributed by atoms with van der Waals surface area (Å²) in [7, 11) is 1.47. The van der Waals surface area contributed by atoms with E-state index in [2.05, 4.69) is 20.6 Å². The van der Waals surface area contributed by atoms with Gasteiger partial charge in [0.1, 0.15) is 36.7 Å². The van der Waals surface area contributed by atoms with Gasteiger partial charge >= 0.3 is 0 Å². The Labute approximate surface area is 335 Å². The van der Waals surface area contributed by atoms with Gasteiger partial charge < -0.3 is 29.3 Å². The normalized spacial score (nSPS) is 15.5. The van der Waals surface area contributed by atoms with Gasteiger partial charge in [0.05, 0.1) is 29.2 Å². The van der Waals surface area contributed by atoms with Crippen molar-refractivity contribution in [1.82, 2.24) is 20.2 Å². The Morgan fingerprint density at radius 3 is 2.60 bits per heavy atom. The predicted molar refractivity (Wildman–Crippen MR) is 208 cm³/mol. The molecule has 16 nitrogen and oxygen atoms in total. The molecule has 0 saturated carbocycles. The Hall–Kier alpha value is -6.72. The first-order valence-corrected chi connectivity index (χ1v) is 18.4. The number of hydrogen-bond acceptors (Lipinski definition) is 12. The van der Waals surface area contributed by atoms with Crippen LogP contribution in [0.1, 0.15) is 41.3 Å². The van der Waals surface area contributed by atoms with E-state index < -0.39 is 34.7 Å². The summed E-state index contributed by atoms with van der Waals surface area (Å²) in [6.07, 6.45) is 0.770. The number of non-ortho nitro benzene ring substituents is 1. The fraction of sp³-hybridized carbons (Fsp3) is 0.250. The molecule has 298 valence electrons. The predicted octanol–water partition coefficient (Wildman–Crippen LogP) is 5.86. The summed E-state index contributed by atoms with van der Waals surface area (Å²) in [5, 5.41) is 16.8. The number of nitro benzene ring substituents is 1. The number of ether oxygens (including phenoxy) is 3. The molecule has 18 heteroatoms. The minimum Gasteiger partial charge on any atom is -0.493 e. The Kier molecular flexibility index (Phi) is 11.4. The molecule has 3 heterocycles. The van der Waals surface area contributed by atoms with Crippen molar-refractivity contribution in [3.05, 3.63) is 117 Å². The van der Waals surface area contributed by atoms with Crippen LogP contribution in [0.15, 0.2) is 79.1 Å². The van der Waals surface area contributed by atoms with Crippen molar-refractivity contribution in [3.8, 4) is 11.5 Å². The number of halogens is 2. The lowest BCUT2D eigenvalue weighted by Gasteiger charge is -2.29. The zero-order valence-electron chi connectivity index (χ0n) is 31.1. The number of nitro groups is 1. The van der Waals surface area contributed by atoms with Crippen LogP contribution >= 0.6 is 11.6 Å². The molecule has 7 rings (SSSR count). The van der Waals surface area contributed by atoms with E-state index in [9.17, 15) is 33.7 Å². The van der Waals surface area contributed by atoms with Crippen LogP contribution in [0.25, 0.3) is 10.9 Å². The molecule has 2 unspecified atom stereocenters. The lowest BCUT2D eigenvalue weighted by molar-refractivity contribution is -0.384. The standard InChI is InChI=1S/C40H35ClFN7O9/c1-22(38(51)45-31-5-3-4-26-28(31)20-48(40(26)53)33-12-13-36(50)46-39(33)52)57-14-15-58-35-17-27-32(18-34(35)56-2)43-21-44-37(27)47(25-10-11-30(42)29(41)16-25)19-23-6-8-24(9-7-23)49(54)55/h3-11,16-18,21-22,33H,12-15,19-20H2,1-2H3,(H,45,51)(H,46,50,52). The van der Waals surface area contributed by atoms with Crippen LogP contribution in [0.2, 0.25) is 5.02 Å². The summed E-state index contributed by atoms with van der Waals surface area (Å²) in [5.41, 5.74) is 2.92. The number of piperidine rings is 1. The van der Waals surface area contributed by atoms with Crippen molar-refractivity contribution < 1.29 is 42.7 Å². The van der Waals surface area contributed by atoms with Gasteiger partial charge in [0, 0.05) is 65.6 Å². The van der Waals surface area contributed by atoms with Gasteiger partial charge in [-0.2, -0.15) is 0 Å². The number of rotatable bonds is 14. The highest BCUT2D eigenvalue weighted by Gasteiger charge is 2.40. The highest BCUT2D eigenvalue weighted by Crippen LogP contribution is 2.39. The smallest absolute Gasteiger partial charge is 0.269 e. The van der Waals surface area contributed by atoms with E-state index in [0.29, 0.717) is 56.3 Å². The summed E-state index contributed by atoms with van der Waals surface area (Å²) in [4.78, 5) is 73.5. The minimum atomic E-state index is -0.934. The number of nitrogens with one attached hydrogen (secondary N) is 2. The van der Waals surface area contributed by atoms with E-state index in [1.54, 1.807) is 54.3 Å². The second kappa shape index (κ2) is 16.8. The molecular weight excluding hydrogens is 777 g/mol. The van der Waals surface area contributed by atoms with Crippen molar-refractivity contribution in [2.45, 2.75) is 45.0 Å². The molecule has 0 spiro atoms. The van der Waals surface area contributed by atoms with Crippen molar-refractivity contribution in [2.75, 3.05) is 30.5 Å². The van der Waals surface area contributed by atoms with Crippen LogP contribution in [-0.4, -0.2) is 75.9 Å². The van der Waals surface area contributed by atoms with Crippen molar-refractivity contribution in [1.29, 1.82) is 0 Å². The van der Waals surface area contributed by atoms with Gasteiger partial charge in [0.2, 0.25) is 11.8 Å². The zero-order valence-corrected chi connectivity index (χ0v) is 31.8. The van der Waals surface area contributed by atoms with Gasteiger partial charge in [-0.1, -0.05) is 29.8 Å². The molecule has 1 saturated heterocycles. The average molecular weight is 812 g/mol. The molecule has 5 aromatic rings. The number of anilines is 3. The van der Waals surface area contributed by atoms with Crippen molar-refractivity contribution in [2.24, 2.45) is 0 Å². The molecular formula is C40H35ClFN7O9. The van der Waals surface area contributed by atoms with Crippen LogP contribution in [0.5, 0.6) is 11.5 Å². The first-order chi connectivity index (χ1) is 27.9. The van der Waals surface area contributed by atoms with Crippen LogP contribution in [-0.2, 0) is 32.2 Å². The number of carbonyl (C=O) groups is 4. The van der Waals surface area contributed by atoms with Crippen LogP contribution in [0.3, 0.4) is 0 Å². The topological polar surface area (TPSA) is 195 Å². The monoisotopic (exact) mass is 811 g/mol. The van der Waals surface area contributed by atoms with Gasteiger partial charge in [-0.25, -0.2) is 14.4 Å².